The molecule has 4 N–H and O–H groups in total. The fourth-order valence-corrected chi connectivity index (χ4v) is 1.89. The van der Waals surface area contributed by atoms with E-state index in [1.54, 1.807) is 0 Å². The van der Waals surface area contributed by atoms with Gasteiger partial charge in [0.15, 0.2) is 0 Å². The third-order valence-corrected chi connectivity index (χ3v) is 2.93. The SMILES string of the molecule is CCCCCCN(CCCN)CCCCN. The van der Waals surface area contributed by atoms with Crippen LogP contribution in [-0.4, -0.2) is 37.6 Å². The smallest absolute Gasteiger partial charge is 0.000672 e. The Morgan fingerprint density at radius 3 is 1.81 bits per heavy atom. The molecule has 0 bridgehead atoms. The highest BCUT2D eigenvalue weighted by atomic mass is 15.1. The Labute approximate surface area is 102 Å². The molecule has 0 rings (SSSR count). The average molecular weight is 229 g/mol. The highest BCUT2D eigenvalue weighted by Crippen LogP contribution is 2.03. The molecule has 0 heterocycles. The normalized spacial score (nSPS) is 11.2. The predicted molar refractivity (Wildman–Crippen MR) is 72.5 cm³/mol. The Kier molecular flexibility index (Phi) is 12.9. The van der Waals surface area contributed by atoms with Crippen LogP contribution >= 0.6 is 0 Å². The summed E-state index contributed by atoms with van der Waals surface area (Å²) in [6.07, 6.45) is 8.89. The summed E-state index contributed by atoms with van der Waals surface area (Å²) in [6.45, 7) is 7.48. The molecule has 0 aromatic carbocycles. The second kappa shape index (κ2) is 12.9. The minimum absolute atomic E-state index is 0.808. The van der Waals surface area contributed by atoms with Gasteiger partial charge in [-0.2, -0.15) is 0 Å². The first-order valence-corrected chi connectivity index (χ1v) is 6.97. The number of nitrogens with zero attached hydrogens (tertiary/aromatic N) is 1. The quantitative estimate of drug-likeness (QED) is 0.503. The molecule has 0 aliphatic rings. The first kappa shape index (κ1) is 15.9. The molecule has 0 radical (unpaired) electrons. The van der Waals surface area contributed by atoms with E-state index in [9.17, 15) is 0 Å². The number of unbranched alkanes of at least 4 members (excludes halogenated alkanes) is 4. The average Bonchev–Trinajstić information content (AvgIpc) is 2.31. The van der Waals surface area contributed by atoms with Crippen LogP contribution in [0.25, 0.3) is 0 Å². The Bertz CT molecular complexity index is 128. The van der Waals surface area contributed by atoms with Crippen LogP contribution in [0.1, 0.15) is 51.9 Å². The van der Waals surface area contributed by atoms with Gasteiger partial charge in [-0.1, -0.05) is 26.2 Å². The van der Waals surface area contributed by atoms with Gasteiger partial charge in [0.1, 0.15) is 0 Å². The third-order valence-electron chi connectivity index (χ3n) is 2.93. The van der Waals surface area contributed by atoms with E-state index in [1.165, 1.54) is 45.2 Å². The van der Waals surface area contributed by atoms with E-state index < -0.39 is 0 Å². The standard InChI is InChI=1S/C13H31N3/c1-2-3-4-6-11-16(13-8-10-15)12-7-5-9-14/h2-15H2,1H3. The molecule has 0 fully saturated rings. The summed E-state index contributed by atoms with van der Waals surface area (Å²) in [5, 5.41) is 0. The maximum atomic E-state index is 5.56. The molecule has 0 spiro atoms. The van der Waals surface area contributed by atoms with Gasteiger partial charge in [0.2, 0.25) is 0 Å². The molecule has 16 heavy (non-hydrogen) atoms. The minimum atomic E-state index is 0.808. The van der Waals surface area contributed by atoms with Crippen LogP contribution < -0.4 is 11.5 Å². The monoisotopic (exact) mass is 229 g/mol. The van der Waals surface area contributed by atoms with E-state index in [4.69, 9.17) is 11.5 Å². The van der Waals surface area contributed by atoms with Gasteiger partial charge in [-0.25, -0.2) is 0 Å². The lowest BCUT2D eigenvalue weighted by molar-refractivity contribution is 0.260. The van der Waals surface area contributed by atoms with Crippen molar-refractivity contribution >= 4 is 0 Å². The van der Waals surface area contributed by atoms with E-state index in [0.717, 1.165) is 32.5 Å². The van der Waals surface area contributed by atoms with Gasteiger partial charge >= 0.3 is 0 Å². The Hall–Kier alpha value is -0.120. The van der Waals surface area contributed by atoms with Crippen LogP contribution in [0.4, 0.5) is 0 Å². The molecule has 0 aromatic heterocycles. The molecule has 0 unspecified atom stereocenters. The number of nitrogens with two attached hydrogens (primary N) is 2. The highest BCUT2D eigenvalue weighted by molar-refractivity contribution is 4.59. The van der Waals surface area contributed by atoms with E-state index >= 15 is 0 Å². The van der Waals surface area contributed by atoms with Crippen LogP contribution in [0.2, 0.25) is 0 Å². The molecule has 0 atom stereocenters. The Morgan fingerprint density at radius 1 is 0.688 bits per heavy atom. The number of hydrogen-bond acceptors (Lipinski definition) is 3. The fraction of sp³-hybridized carbons (Fsp3) is 1.00. The van der Waals surface area contributed by atoms with E-state index in [0.29, 0.717) is 0 Å². The molecular weight excluding hydrogens is 198 g/mol. The summed E-state index contributed by atoms with van der Waals surface area (Å²) >= 11 is 0. The van der Waals surface area contributed by atoms with Crippen molar-refractivity contribution in [3.63, 3.8) is 0 Å². The summed E-state index contributed by atoms with van der Waals surface area (Å²) in [4.78, 5) is 2.55. The molecule has 0 amide bonds. The summed E-state index contributed by atoms with van der Waals surface area (Å²) in [7, 11) is 0. The van der Waals surface area contributed by atoms with Gasteiger partial charge in [-0.3, -0.25) is 0 Å². The molecule has 0 saturated carbocycles. The Morgan fingerprint density at radius 2 is 1.25 bits per heavy atom. The van der Waals surface area contributed by atoms with Crippen molar-refractivity contribution in [2.45, 2.75) is 51.9 Å². The maximum absolute atomic E-state index is 5.56. The molecule has 98 valence electrons. The number of rotatable bonds is 12. The number of hydrogen-bond donors (Lipinski definition) is 2. The largest absolute Gasteiger partial charge is 0.330 e. The fourth-order valence-electron chi connectivity index (χ4n) is 1.89. The lowest BCUT2D eigenvalue weighted by Crippen LogP contribution is -2.29. The Balaban J connectivity index is 3.54. The van der Waals surface area contributed by atoms with Gasteiger partial charge in [-0.15, -0.1) is 0 Å². The van der Waals surface area contributed by atoms with Crippen LogP contribution in [0.3, 0.4) is 0 Å². The van der Waals surface area contributed by atoms with Gasteiger partial charge in [-0.05, 0) is 58.4 Å². The minimum Gasteiger partial charge on any atom is -0.330 e. The summed E-state index contributed by atoms with van der Waals surface area (Å²) < 4.78 is 0. The zero-order chi connectivity index (χ0) is 12.1. The van der Waals surface area contributed by atoms with Crippen molar-refractivity contribution in [3.8, 4) is 0 Å². The summed E-state index contributed by atoms with van der Waals surface area (Å²) in [5.41, 5.74) is 11.1. The molecule has 0 aromatic rings. The highest BCUT2D eigenvalue weighted by Gasteiger charge is 2.03. The molecule has 0 aliphatic carbocycles. The molecule has 3 heteroatoms. The van der Waals surface area contributed by atoms with Crippen molar-refractivity contribution < 1.29 is 0 Å². The second-order valence-corrected chi connectivity index (χ2v) is 4.54. The van der Waals surface area contributed by atoms with Crippen molar-refractivity contribution in [1.29, 1.82) is 0 Å². The van der Waals surface area contributed by atoms with Gasteiger partial charge in [0.05, 0.1) is 0 Å². The molecule has 0 saturated heterocycles. The van der Waals surface area contributed by atoms with Crippen molar-refractivity contribution in [2.75, 3.05) is 32.7 Å². The lowest BCUT2D eigenvalue weighted by atomic mass is 10.2. The van der Waals surface area contributed by atoms with E-state index in [1.807, 2.05) is 0 Å². The summed E-state index contributed by atoms with van der Waals surface area (Å²) in [6, 6.07) is 0. The van der Waals surface area contributed by atoms with Crippen molar-refractivity contribution in [1.82, 2.24) is 4.90 Å². The van der Waals surface area contributed by atoms with E-state index in [-0.39, 0.29) is 0 Å². The van der Waals surface area contributed by atoms with Crippen molar-refractivity contribution in [3.05, 3.63) is 0 Å². The van der Waals surface area contributed by atoms with Crippen LogP contribution in [0.5, 0.6) is 0 Å². The zero-order valence-corrected chi connectivity index (χ0v) is 11.1. The molecule has 3 nitrogen and oxygen atoms in total. The van der Waals surface area contributed by atoms with Crippen LogP contribution in [-0.2, 0) is 0 Å². The lowest BCUT2D eigenvalue weighted by Gasteiger charge is -2.21. The van der Waals surface area contributed by atoms with Gasteiger partial charge in [0, 0.05) is 0 Å². The topological polar surface area (TPSA) is 55.3 Å². The summed E-state index contributed by atoms with van der Waals surface area (Å²) in [5.74, 6) is 0. The first-order chi connectivity index (χ1) is 7.85. The first-order valence-electron chi connectivity index (χ1n) is 6.97. The van der Waals surface area contributed by atoms with E-state index in [2.05, 4.69) is 11.8 Å². The molecule has 0 aliphatic heterocycles. The predicted octanol–water partition coefficient (Wildman–Crippen LogP) is 1.96. The third kappa shape index (κ3) is 10.4. The van der Waals surface area contributed by atoms with Crippen LogP contribution in [0.15, 0.2) is 0 Å². The maximum Gasteiger partial charge on any atom is -0.000672 e. The zero-order valence-electron chi connectivity index (χ0n) is 11.1. The van der Waals surface area contributed by atoms with Crippen molar-refractivity contribution in [2.24, 2.45) is 11.5 Å². The second-order valence-electron chi connectivity index (χ2n) is 4.54. The van der Waals surface area contributed by atoms with Crippen LogP contribution in [0, 0.1) is 0 Å². The van der Waals surface area contributed by atoms with Gasteiger partial charge < -0.3 is 16.4 Å². The van der Waals surface area contributed by atoms with Gasteiger partial charge in [0.25, 0.3) is 0 Å². The molecular formula is C13H31N3.